The van der Waals surface area contributed by atoms with Gasteiger partial charge in [0.15, 0.2) is 0 Å². The van der Waals surface area contributed by atoms with Crippen LogP contribution in [0.3, 0.4) is 0 Å². The lowest BCUT2D eigenvalue weighted by Crippen LogP contribution is -2.24. The van der Waals surface area contributed by atoms with Gasteiger partial charge < -0.3 is 14.8 Å². The summed E-state index contributed by atoms with van der Waals surface area (Å²) in [5.41, 5.74) is 1.05. The standard InChI is InChI=1S/C13H17NO3/c1-8-11(7-13(15)14-8)10-5-4-9(16-2)6-12(10)17-3/h4-6,8,11H,7H2,1-3H3,(H,14,15). The predicted molar refractivity (Wildman–Crippen MR) is 64.5 cm³/mol. The molecule has 4 nitrogen and oxygen atoms in total. The molecule has 0 aromatic heterocycles. The Balaban J connectivity index is 2.34. The van der Waals surface area contributed by atoms with Crippen LogP contribution in [0.1, 0.15) is 24.8 Å². The molecule has 1 aromatic rings. The molecule has 1 aromatic carbocycles. The van der Waals surface area contributed by atoms with E-state index in [1.807, 2.05) is 25.1 Å². The molecule has 0 spiro atoms. The number of hydrogen-bond donors (Lipinski definition) is 1. The Bertz CT molecular complexity index is 431. The number of amides is 1. The van der Waals surface area contributed by atoms with Gasteiger partial charge in [0.2, 0.25) is 5.91 Å². The molecule has 0 radical (unpaired) electrons. The highest BCUT2D eigenvalue weighted by Crippen LogP contribution is 2.36. The van der Waals surface area contributed by atoms with Crippen molar-refractivity contribution in [1.29, 1.82) is 0 Å². The van der Waals surface area contributed by atoms with Gasteiger partial charge in [-0.25, -0.2) is 0 Å². The summed E-state index contributed by atoms with van der Waals surface area (Å²) in [6.45, 7) is 2.01. The summed E-state index contributed by atoms with van der Waals surface area (Å²) in [5.74, 6) is 1.80. The van der Waals surface area contributed by atoms with Crippen LogP contribution in [-0.4, -0.2) is 26.2 Å². The van der Waals surface area contributed by atoms with E-state index in [0.29, 0.717) is 6.42 Å². The van der Waals surface area contributed by atoms with E-state index in [-0.39, 0.29) is 17.9 Å². The third-order valence-electron chi connectivity index (χ3n) is 3.24. The third kappa shape index (κ3) is 2.20. The smallest absolute Gasteiger partial charge is 0.220 e. The Morgan fingerprint density at radius 3 is 2.59 bits per heavy atom. The largest absolute Gasteiger partial charge is 0.497 e. The van der Waals surface area contributed by atoms with Crippen LogP contribution in [0.2, 0.25) is 0 Å². The lowest BCUT2D eigenvalue weighted by Gasteiger charge is -2.18. The zero-order valence-electron chi connectivity index (χ0n) is 10.3. The van der Waals surface area contributed by atoms with Crippen molar-refractivity contribution in [2.75, 3.05) is 14.2 Å². The first-order chi connectivity index (χ1) is 8.15. The first-order valence-corrected chi connectivity index (χ1v) is 5.67. The topological polar surface area (TPSA) is 47.6 Å². The number of benzene rings is 1. The molecule has 17 heavy (non-hydrogen) atoms. The fraction of sp³-hybridized carbons (Fsp3) is 0.462. The van der Waals surface area contributed by atoms with Gasteiger partial charge in [0.05, 0.1) is 14.2 Å². The van der Waals surface area contributed by atoms with Crippen molar-refractivity contribution < 1.29 is 14.3 Å². The number of carbonyl (C=O) groups is 1. The molecule has 1 heterocycles. The molecule has 0 saturated carbocycles. The molecule has 4 heteroatoms. The van der Waals surface area contributed by atoms with E-state index in [4.69, 9.17) is 9.47 Å². The Hall–Kier alpha value is -1.71. The molecule has 1 saturated heterocycles. The molecule has 1 N–H and O–H groups in total. The molecule has 0 bridgehead atoms. The van der Waals surface area contributed by atoms with Crippen LogP contribution in [0.15, 0.2) is 18.2 Å². The van der Waals surface area contributed by atoms with Gasteiger partial charge in [-0.2, -0.15) is 0 Å². The van der Waals surface area contributed by atoms with Gasteiger partial charge in [-0.15, -0.1) is 0 Å². The van der Waals surface area contributed by atoms with Gasteiger partial charge in [0, 0.05) is 30.0 Å². The second kappa shape index (κ2) is 4.65. The number of carbonyl (C=O) groups excluding carboxylic acids is 1. The highest BCUT2D eigenvalue weighted by Gasteiger charge is 2.32. The molecule has 0 aliphatic carbocycles. The van der Waals surface area contributed by atoms with Crippen molar-refractivity contribution in [1.82, 2.24) is 5.32 Å². The van der Waals surface area contributed by atoms with Crippen LogP contribution in [0.25, 0.3) is 0 Å². The van der Waals surface area contributed by atoms with Crippen molar-refractivity contribution in [3.63, 3.8) is 0 Å². The summed E-state index contributed by atoms with van der Waals surface area (Å²) in [4.78, 5) is 11.4. The molecule has 1 aliphatic rings. The van der Waals surface area contributed by atoms with Crippen molar-refractivity contribution in [2.24, 2.45) is 0 Å². The zero-order chi connectivity index (χ0) is 12.4. The molecule has 1 aliphatic heterocycles. The second-order valence-corrected chi connectivity index (χ2v) is 4.27. The highest BCUT2D eigenvalue weighted by molar-refractivity contribution is 5.80. The lowest BCUT2D eigenvalue weighted by molar-refractivity contribution is -0.119. The molecule has 1 amide bonds. The molecule has 2 unspecified atom stereocenters. The van der Waals surface area contributed by atoms with Crippen molar-refractivity contribution in [2.45, 2.75) is 25.3 Å². The van der Waals surface area contributed by atoms with E-state index in [1.54, 1.807) is 14.2 Å². The minimum Gasteiger partial charge on any atom is -0.497 e. The Labute approximate surface area is 101 Å². The van der Waals surface area contributed by atoms with Gasteiger partial charge in [-0.3, -0.25) is 4.79 Å². The number of nitrogens with one attached hydrogen (secondary N) is 1. The Morgan fingerprint density at radius 2 is 2.06 bits per heavy atom. The maximum absolute atomic E-state index is 11.4. The van der Waals surface area contributed by atoms with Crippen LogP contribution in [0.5, 0.6) is 11.5 Å². The van der Waals surface area contributed by atoms with Crippen LogP contribution in [0.4, 0.5) is 0 Å². The summed E-state index contributed by atoms with van der Waals surface area (Å²) in [7, 11) is 3.25. The van der Waals surface area contributed by atoms with Crippen LogP contribution in [-0.2, 0) is 4.79 Å². The van der Waals surface area contributed by atoms with E-state index >= 15 is 0 Å². The molecule has 92 valence electrons. The van der Waals surface area contributed by atoms with Gasteiger partial charge in [-0.1, -0.05) is 6.07 Å². The molecular weight excluding hydrogens is 218 g/mol. The number of rotatable bonds is 3. The van der Waals surface area contributed by atoms with E-state index in [0.717, 1.165) is 17.1 Å². The van der Waals surface area contributed by atoms with E-state index in [1.165, 1.54) is 0 Å². The Morgan fingerprint density at radius 1 is 1.29 bits per heavy atom. The van der Waals surface area contributed by atoms with Gasteiger partial charge in [-0.05, 0) is 13.0 Å². The minimum absolute atomic E-state index is 0.0976. The van der Waals surface area contributed by atoms with Crippen LogP contribution >= 0.6 is 0 Å². The van der Waals surface area contributed by atoms with Crippen LogP contribution in [0, 0.1) is 0 Å². The summed E-state index contributed by atoms with van der Waals surface area (Å²) in [6.07, 6.45) is 0.518. The second-order valence-electron chi connectivity index (χ2n) is 4.27. The summed E-state index contributed by atoms with van der Waals surface area (Å²) in [6, 6.07) is 5.86. The molecular formula is C13H17NO3. The summed E-state index contributed by atoms with van der Waals surface area (Å²) < 4.78 is 10.5. The quantitative estimate of drug-likeness (QED) is 0.867. The Kier molecular flexibility index (Phi) is 3.22. The molecule has 2 rings (SSSR count). The SMILES string of the molecule is COc1ccc(C2CC(=O)NC2C)c(OC)c1. The van der Waals surface area contributed by atoms with Crippen molar-refractivity contribution in [3.8, 4) is 11.5 Å². The third-order valence-corrected chi connectivity index (χ3v) is 3.24. The minimum atomic E-state index is 0.0976. The maximum atomic E-state index is 11.4. The summed E-state index contributed by atoms with van der Waals surface area (Å²) in [5, 5.41) is 2.92. The van der Waals surface area contributed by atoms with E-state index in [2.05, 4.69) is 5.32 Å². The fourth-order valence-electron chi connectivity index (χ4n) is 2.29. The molecule has 2 atom stereocenters. The first-order valence-electron chi connectivity index (χ1n) is 5.67. The van der Waals surface area contributed by atoms with E-state index in [9.17, 15) is 4.79 Å². The number of ether oxygens (including phenoxy) is 2. The number of methoxy groups -OCH3 is 2. The van der Waals surface area contributed by atoms with Gasteiger partial charge in [0.1, 0.15) is 11.5 Å². The average molecular weight is 235 g/mol. The van der Waals surface area contributed by atoms with E-state index < -0.39 is 0 Å². The monoisotopic (exact) mass is 235 g/mol. The van der Waals surface area contributed by atoms with Gasteiger partial charge in [0.25, 0.3) is 0 Å². The average Bonchev–Trinajstić information content (AvgIpc) is 2.67. The highest BCUT2D eigenvalue weighted by atomic mass is 16.5. The van der Waals surface area contributed by atoms with Crippen LogP contribution < -0.4 is 14.8 Å². The first kappa shape index (κ1) is 11.8. The zero-order valence-corrected chi connectivity index (χ0v) is 10.3. The van der Waals surface area contributed by atoms with Crippen molar-refractivity contribution >= 4 is 5.91 Å². The van der Waals surface area contributed by atoms with Crippen molar-refractivity contribution in [3.05, 3.63) is 23.8 Å². The summed E-state index contributed by atoms with van der Waals surface area (Å²) >= 11 is 0. The number of hydrogen-bond acceptors (Lipinski definition) is 3. The maximum Gasteiger partial charge on any atom is 0.220 e. The van der Waals surface area contributed by atoms with Gasteiger partial charge >= 0.3 is 0 Å². The lowest BCUT2D eigenvalue weighted by atomic mass is 9.92. The molecule has 1 fully saturated rings. The predicted octanol–water partition coefficient (Wildman–Crippen LogP) is 1.70. The fourth-order valence-corrected chi connectivity index (χ4v) is 2.29. The normalized spacial score (nSPS) is 23.4.